The first-order valence-corrected chi connectivity index (χ1v) is 1.32. The number of carbonyl (C=O) groups is 1. The van der Waals surface area contributed by atoms with Crippen LogP contribution in [0, 0.1) is 0 Å². The van der Waals surface area contributed by atoms with E-state index in [4.69, 9.17) is 0 Å². The molecule has 0 N–H and O–H groups in total. The standard InChI is InChI=1S/C2H5BO2.Na/c1-2(4)5-3;/h3H2,1H3;. The smallest absolute Gasteiger partial charge is 0.325 e. The third-order valence-corrected chi connectivity index (χ3v) is 0.287. The molecule has 0 amide bonds. The molecule has 4 heteroatoms. The molecule has 1 radical (unpaired) electrons. The zero-order valence-electron chi connectivity index (χ0n) is 4.32. The monoisotopic (exact) mass is 95.0 g/mol. The van der Waals surface area contributed by atoms with Gasteiger partial charge < -0.3 is 4.65 Å². The Morgan fingerprint density at radius 3 is 2.00 bits per heavy atom. The van der Waals surface area contributed by atoms with Crippen LogP contribution in [-0.4, -0.2) is 43.6 Å². The third kappa shape index (κ3) is 8.82. The molecule has 0 atom stereocenters. The van der Waals surface area contributed by atoms with Crippen LogP contribution in [0.15, 0.2) is 0 Å². The van der Waals surface area contributed by atoms with Gasteiger partial charge in [-0.3, -0.25) is 4.79 Å². The van der Waals surface area contributed by atoms with Gasteiger partial charge in [-0.05, 0) is 0 Å². The maximum Gasteiger partial charge on any atom is 0.325 e. The van der Waals surface area contributed by atoms with Gasteiger partial charge in [0.2, 0.25) is 0 Å². The van der Waals surface area contributed by atoms with Crippen molar-refractivity contribution in [2.45, 2.75) is 6.92 Å². The second-order valence-electron chi connectivity index (χ2n) is 0.696. The first-order chi connectivity index (χ1) is 2.27. The topological polar surface area (TPSA) is 26.3 Å². The van der Waals surface area contributed by atoms with E-state index in [2.05, 4.69) is 4.65 Å². The number of carbonyl (C=O) groups excluding carboxylic acids is 1. The molecule has 29 valence electrons. The van der Waals surface area contributed by atoms with Gasteiger partial charge in [0.15, 0.2) is 0 Å². The summed E-state index contributed by atoms with van der Waals surface area (Å²) in [6, 6.07) is 0. The van der Waals surface area contributed by atoms with E-state index in [0.717, 1.165) is 0 Å². The summed E-state index contributed by atoms with van der Waals surface area (Å²) in [5.41, 5.74) is 0. The van der Waals surface area contributed by atoms with E-state index in [1.165, 1.54) is 15.0 Å². The van der Waals surface area contributed by atoms with Gasteiger partial charge in [0, 0.05) is 36.5 Å². The minimum atomic E-state index is -0.245. The summed E-state index contributed by atoms with van der Waals surface area (Å²) < 4.78 is 4.11. The maximum absolute atomic E-state index is 9.59. The Bertz CT molecular complexity index is 46.8. The van der Waals surface area contributed by atoms with E-state index in [1.807, 2.05) is 0 Å². The molecule has 0 fully saturated rings. The van der Waals surface area contributed by atoms with Crippen molar-refractivity contribution in [2.75, 3.05) is 0 Å². The van der Waals surface area contributed by atoms with Crippen LogP contribution in [0.25, 0.3) is 0 Å². The van der Waals surface area contributed by atoms with Crippen molar-refractivity contribution < 1.29 is 9.45 Å². The van der Waals surface area contributed by atoms with E-state index in [-0.39, 0.29) is 35.5 Å². The molecule has 0 bridgehead atoms. The van der Waals surface area contributed by atoms with Gasteiger partial charge in [0.1, 0.15) is 0 Å². The van der Waals surface area contributed by atoms with Gasteiger partial charge in [-0.1, -0.05) is 0 Å². The average molecular weight is 94.9 g/mol. The Balaban J connectivity index is 0. The van der Waals surface area contributed by atoms with E-state index in [9.17, 15) is 4.79 Å². The molecule has 0 rings (SSSR count). The molecule has 0 aliphatic heterocycles. The zero-order chi connectivity index (χ0) is 4.28. The minimum absolute atomic E-state index is 0. The predicted molar refractivity (Wildman–Crippen MR) is 26.1 cm³/mol. The summed E-state index contributed by atoms with van der Waals surface area (Å²) in [6.07, 6.45) is 0. The van der Waals surface area contributed by atoms with Crippen LogP contribution in [0.3, 0.4) is 0 Å². The van der Waals surface area contributed by atoms with Gasteiger partial charge in [-0.25, -0.2) is 0 Å². The van der Waals surface area contributed by atoms with Crippen LogP contribution in [0.5, 0.6) is 0 Å². The van der Waals surface area contributed by atoms with E-state index in [0.29, 0.717) is 0 Å². The minimum Gasteiger partial charge on any atom is -0.544 e. The molecule has 0 saturated carbocycles. The first-order valence-electron chi connectivity index (χ1n) is 1.32. The summed E-state index contributed by atoms with van der Waals surface area (Å²) in [5, 5.41) is 0. The average Bonchev–Trinajstić information content (AvgIpc) is 1.38. The summed E-state index contributed by atoms with van der Waals surface area (Å²) in [7, 11) is 1.35. The van der Waals surface area contributed by atoms with Crippen molar-refractivity contribution in [1.82, 2.24) is 0 Å². The zero-order valence-corrected chi connectivity index (χ0v) is 6.32. The molecule has 0 aromatic heterocycles. The fraction of sp³-hybridized carbons (Fsp3) is 0.500. The van der Waals surface area contributed by atoms with E-state index in [1.54, 1.807) is 0 Å². The van der Waals surface area contributed by atoms with E-state index >= 15 is 0 Å². The maximum atomic E-state index is 9.59. The molecule has 0 saturated heterocycles. The number of hydrogen-bond donors (Lipinski definition) is 0. The Morgan fingerprint density at radius 1 is 1.83 bits per heavy atom. The van der Waals surface area contributed by atoms with Crippen LogP contribution in [0.1, 0.15) is 6.92 Å². The van der Waals surface area contributed by atoms with Crippen molar-refractivity contribution in [3.05, 3.63) is 0 Å². The molecule has 0 aromatic carbocycles. The Kier molecular flexibility index (Phi) is 8.98. The van der Waals surface area contributed by atoms with Crippen LogP contribution in [-0.2, 0) is 9.45 Å². The molecule has 2 nitrogen and oxygen atoms in total. The molecule has 0 aliphatic carbocycles. The van der Waals surface area contributed by atoms with Crippen LogP contribution in [0.4, 0.5) is 0 Å². The molecular formula is C2H5BNaO2. The summed E-state index contributed by atoms with van der Waals surface area (Å²) >= 11 is 0. The fourth-order valence-corrected chi connectivity index (χ4v) is 0. The number of rotatable bonds is 0. The van der Waals surface area contributed by atoms with Crippen molar-refractivity contribution in [3.63, 3.8) is 0 Å². The van der Waals surface area contributed by atoms with Crippen LogP contribution < -0.4 is 0 Å². The van der Waals surface area contributed by atoms with Crippen LogP contribution in [0.2, 0.25) is 0 Å². The van der Waals surface area contributed by atoms with Crippen molar-refractivity contribution in [1.29, 1.82) is 0 Å². The summed E-state index contributed by atoms with van der Waals surface area (Å²) in [5.74, 6) is -0.245. The largest absolute Gasteiger partial charge is 0.544 e. The van der Waals surface area contributed by atoms with Gasteiger partial charge in [-0.2, -0.15) is 0 Å². The Hall–Kier alpha value is 0.535. The molecule has 0 spiro atoms. The Labute approximate surface area is 60.0 Å². The normalized spacial score (nSPS) is 5.50. The quantitative estimate of drug-likeness (QED) is 0.350. The predicted octanol–water partition coefficient (Wildman–Crippen LogP) is -1.28. The summed E-state index contributed by atoms with van der Waals surface area (Å²) in [4.78, 5) is 9.59. The molecule has 0 aromatic rings. The number of hydrogen-bond acceptors (Lipinski definition) is 2. The van der Waals surface area contributed by atoms with Gasteiger partial charge in [0.05, 0.1) is 0 Å². The van der Waals surface area contributed by atoms with Crippen molar-refractivity contribution in [2.24, 2.45) is 0 Å². The Morgan fingerprint density at radius 2 is 2.00 bits per heavy atom. The van der Waals surface area contributed by atoms with Crippen LogP contribution >= 0.6 is 0 Å². The fourth-order valence-electron chi connectivity index (χ4n) is 0. The molecule has 0 aliphatic rings. The second kappa shape index (κ2) is 5.53. The molecule has 0 unspecified atom stereocenters. The first kappa shape index (κ1) is 9.73. The second-order valence-corrected chi connectivity index (χ2v) is 0.696. The van der Waals surface area contributed by atoms with Crippen molar-refractivity contribution >= 4 is 43.6 Å². The van der Waals surface area contributed by atoms with Gasteiger partial charge in [0.25, 0.3) is 5.97 Å². The van der Waals surface area contributed by atoms with Gasteiger partial charge in [-0.15, -0.1) is 0 Å². The molecule has 0 heterocycles. The van der Waals surface area contributed by atoms with E-state index < -0.39 is 0 Å². The molecule has 6 heavy (non-hydrogen) atoms. The third-order valence-electron chi connectivity index (χ3n) is 0.287. The molecular weight excluding hydrogens is 89.8 g/mol. The summed E-state index contributed by atoms with van der Waals surface area (Å²) in [6.45, 7) is 1.36. The van der Waals surface area contributed by atoms with Gasteiger partial charge >= 0.3 is 8.05 Å². The SMILES string of the molecule is BOC(C)=O.[Na]. The van der Waals surface area contributed by atoms with Crippen molar-refractivity contribution in [3.8, 4) is 0 Å².